The summed E-state index contributed by atoms with van der Waals surface area (Å²) < 4.78 is 64.0. The van der Waals surface area contributed by atoms with Crippen LogP contribution in [-0.2, 0) is 0 Å². The van der Waals surface area contributed by atoms with E-state index < -0.39 is 29.9 Å². The SMILES string of the molecule is Cc1ncc(O)c(C(F)F)c1OC(F)(F)F. The second-order valence-corrected chi connectivity index (χ2v) is 2.82. The summed E-state index contributed by atoms with van der Waals surface area (Å²) in [6.07, 6.45) is -7.77. The molecule has 1 aromatic rings. The third-order valence-electron chi connectivity index (χ3n) is 1.67. The fourth-order valence-corrected chi connectivity index (χ4v) is 1.05. The first-order valence-corrected chi connectivity index (χ1v) is 3.94. The standard InChI is InChI=1S/C8H6F5NO2/c1-3-6(16-8(11,12)13)5(7(9)10)4(15)2-14-3/h2,7,15H,1H3. The molecule has 1 heterocycles. The first-order valence-electron chi connectivity index (χ1n) is 3.94. The highest BCUT2D eigenvalue weighted by Gasteiger charge is 2.35. The molecular weight excluding hydrogens is 237 g/mol. The second-order valence-electron chi connectivity index (χ2n) is 2.82. The van der Waals surface area contributed by atoms with Crippen molar-refractivity contribution in [3.8, 4) is 11.5 Å². The molecule has 1 aromatic heterocycles. The number of aryl methyl sites for hydroxylation is 1. The van der Waals surface area contributed by atoms with E-state index in [1.54, 1.807) is 0 Å². The summed E-state index contributed by atoms with van der Waals surface area (Å²) in [5, 5.41) is 8.99. The largest absolute Gasteiger partial charge is 0.573 e. The van der Waals surface area contributed by atoms with Crippen molar-refractivity contribution in [1.29, 1.82) is 0 Å². The Hall–Kier alpha value is -1.60. The Morgan fingerprint density at radius 2 is 1.94 bits per heavy atom. The average molecular weight is 243 g/mol. The Bertz CT molecular complexity index is 391. The molecule has 1 rings (SSSR count). The van der Waals surface area contributed by atoms with E-state index in [-0.39, 0.29) is 5.69 Å². The van der Waals surface area contributed by atoms with Gasteiger partial charge in [-0.15, -0.1) is 13.2 Å². The van der Waals surface area contributed by atoms with Crippen LogP contribution in [0.4, 0.5) is 22.0 Å². The summed E-state index contributed by atoms with van der Waals surface area (Å²) in [4.78, 5) is 3.30. The predicted octanol–water partition coefficient (Wildman–Crippen LogP) is 2.93. The lowest BCUT2D eigenvalue weighted by atomic mass is 10.2. The van der Waals surface area contributed by atoms with E-state index >= 15 is 0 Å². The molecule has 0 fully saturated rings. The van der Waals surface area contributed by atoms with E-state index in [2.05, 4.69) is 9.72 Å². The van der Waals surface area contributed by atoms with Gasteiger partial charge in [0.15, 0.2) is 5.75 Å². The molecule has 0 aliphatic heterocycles. The second kappa shape index (κ2) is 4.11. The first-order chi connectivity index (χ1) is 7.22. The van der Waals surface area contributed by atoms with Gasteiger partial charge in [-0.05, 0) is 6.92 Å². The number of rotatable bonds is 2. The van der Waals surface area contributed by atoms with Gasteiger partial charge in [-0.3, -0.25) is 4.98 Å². The number of pyridine rings is 1. The zero-order valence-corrected chi connectivity index (χ0v) is 7.85. The number of hydrogen-bond acceptors (Lipinski definition) is 3. The van der Waals surface area contributed by atoms with Crippen LogP contribution in [0, 0.1) is 6.92 Å². The van der Waals surface area contributed by atoms with Gasteiger partial charge < -0.3 is 9.84 Å². The maximum Gasteiger partial charge on any atom is 0.573 e. The van der Waals surface area contributed by atoms with Crippen LogP contribution in [0.25, 0.3) is 0 Å². The molecule has 0 aliphatic rings. The fourth-order valence-electron chi connectivity index (χ4n) is 1.05. The van der Waals surface area contributed by atoms with Crippen LogP contribution in [0.3, 0.4) is 0 Å². The number of alkyl halides is 5. The topological polar surface area (TPSA) is 42.4 Å². The van der Waals surface area contributed by atoms with Gasteiger partial charge in [-0.25, -0.2) is 8.78 Å². The van der Waals surface area contributed by atoms with E-state index in [9.17, 15) is 22.0 Å². The maximum atomic E-state index is 12.4. The molecule has 0 radical (unpaired) electrons. The van der Waals surface area contributed by atoms with Gasteiger partial charge in [0.1, 0.15) is 11.3 Å². The zero-order chi connectivity index (χ0) is 12.5. The monoisotopic (exact) mass is 243 g/mol. The van der Waals surface area contributed by atoms with E-state index in [0.717, 1.165) is 6.92 Å². The molecule has 0 atom stereocenters. The molecule has 90 valence electrons. The molecule has 16 heavy (non-hydrogen) atoms. The van der Waals surface area contributed by atoms with Gasteiger partial charge in [0, 0.05) is 0 Å². The number of ether oxygens (including phenoxy) is 1. The number of aromatic hydroxyl groups is 1. The summed E-state index contributed by atoms with van der Waals surface area (Å²) in [7, 11) is 0. The van der Waals surface area contributed by atoms with Crippen molar-refractivity contribution in [2.45, 2.75) is 19.7 Å². The van der Waals surface area contributed by atoms with Gasteiger partial charge in [0.2, 0.25) is 0 Å². The fraction of sp³-hybridized carbons (Fsp3) is 0.375. The van der Waals surface area contributed by atoms with Crippen LogP contribution in [0.5, 0.6) is 11.5 Å². The molecule has 0 saturated carbocycles. The van der Waals surface area contributed by atoms with Gasteiger partial charge in [-0.1, -0.05) is 0 Å². The molecule has 0 saturated heterocycles. The molecule has 0 amide bonds. The van der Waals surface area contributed by atoms with Crippen molar-refractivity contribution in [3.63, 3.8) is 0 Å². The number of hydrogen-bond donors (Lipinski definition) is 1. The summed E-state index contributed by atoms with van der Waals surface area (Å²) >= 11 is 0. The van der Waals surface area contributed by atoms with Gasteiger partial charge in [0.05, 0.1) is 11.9 Å². The molecule has 8 heteroatoms. The molecule has 0 bridgehead atoms. The summed E-state index contributed by atoms with van der Waals surface area (Å²) in [5.74, 6) is -2.21. The van der Waals surface area contributed by atoms with Crippen molar-refractivity contribution in [3.05, 3.63) is 17.5 Å². The lowest BCUT2D eigenvalue weighted by molar-refractivity contribution is -0.275. The molecule has 0 spiro atoms. The highest BCUT2D eigenvalue weighted by atomic mass is 19.4. The molecule has 0 aromatic carbocycles. The van der Waals surface area contributed by atoms with Gasteiger partial charge >= 0.3 is 6.36 Å². The van der Waals surface area contributed by atoms with Gasteiger partial charge in [0.25, 0.3) is 6.43 Å². The minimum absolute atomic E-state index is 0.384. The van der Waals surface area contributed by atoms with Crippen LogP contribution < -0.4 is 4.74 Å². The van der Waals surface area contributed by atoms with Gasteiger partial charge in [-0.2, -0.15) is 0 Å². The average Bonchev–Trinajstić information content (AvgIpc) is 2.08. The summed E-state index contributed by atoms with van der Waals surface area (Å²) in [6, 6.07) is 0. The van der Waals surface area contributed by atoms with E-state index in [1.165, 1.54) is 0 Å². The van der Waals surface area contributed by atoms with Crippen LogP contribution in [0.1, 0.15) is 17.7 Å². The van der Waals surface area contributed by atoms with Crippen molar-refractivity contribution in [1.82, 2.24) is 4.98 Å². The van der Waals surface area contributed by atoms with Crippen LogP contribution in [0.15, 0.2) is 6.20 Å². The van der Waals surface area contributed by atoms with Crippen molar-refractivity contribution in [2.24, 2.45) is 0 Å². The van der Waals surface area contributed by atoms with Crippen molar-refractivity contribution >= 4 is 0 Å². The normalized spacial score (nSPS) is 11.9. The Morgan fingerprint density at radius 3 is 2.38 bits per heavy atom. The number of aromatic nitrogens is 1. The van der Waals surface area contributed by atoms with E-state index in [4.69, 9.17) is 5.11 Å². The maximum absolute atomic E-state index is 12.4. The Morgan fingerprint density at radius 1 is 1.38 bits per heavy atom. The molecule has 0 unspecified atom stereocenters. The van der Waals surface area contributed by atoms with Crippen LogP contribution >= 0.6 is 0 Å². The van der Waals surface area contributed by atoms with E-state index in [1.807, 2.05) is 0 Å². The molecule has 0 aliphatic carbocycles. The minimum Gasteiger partial charge on any atom is -0.506 e. The molecule has 1 N–H and O–H groups in total. The minimum atomic E-state index is -5.12. The quantitative estimate of drug-likeness (QED) is 0.812. The first kappa shape index (κ1) is 12.5. The third-order valence-corrected chi connectivity index (χ3v) is 1.67. The van der Waals surface area contributed by atoms with Crippen LogP contribution in [0.2, 0.25) is 0 Å². The van der Waals surface area contributed by atoms with Crippen LogP contribution in [-0.4, -0.2) is 16.5 Å². The lowest BCUT2D eigenvalue weighted by Crippen LogP contribution is -2.19. The number of halogens is 5. The highest BCUT2D eigenvalue weighted by molar-refractivity contribution is 5.45. The Kier molecular flexibility index (Phi) is 3.20. The van der Waals surface area contributed by atoms with Crippen molar-refractivity contribution < 1.29 is 31.8 Å². The predicted molar refractivity (Wildman–Crippen MR) is 42.3 cm³/mol. The number of nitrogens with zero attached hydrogens (tertiary/aromatic N) is 1. The zero-order valence-electron chi connectivity index (χ0n) is 7.85. The Balaban J connectivity index is 3.29. The molecular formula is C8H6F5NO2. The van der Waals surface area contributed by atoms with Crippen molar-refractivity contribution in [2.75, 3.05) is 0 Å². The third kappa shape index (κ3) is 2.71. The Labute approximate surface area is 86.5 Å². The highest BCUT2D eigenvalue weighted by Crippen LogP contribution is 2.39. The summed E-state index contributed by atoms with van der Waals surface area (Å²) in [6.45, 7) is 1.06. The smallest absolute Gasteiger partial charge is 0.506 e. The molecule has 3 nitrogen and oxygen atoms in total. The lowest BCUT2D eigenvalue weighted by Gasteiger charge is -2.15. The van der Waals surface area contributed by atoms with E-state index in [0.29, 0.717) is 6.20 Å². The summed E-state index contributed by atoms with van der Waals surface area (Å²) in [5.41, 5.74) is -1.60.